The Morgan fingerprint density at radius 2 is 1.17 bits per heavy atom. The maximum absolute atomic E-state index is 6.81. The van der Waals surface area contributed by atoms with Crippen molar-refractivity contribution < 1.29 is 13.8 Å². The van der Waals surface area contributed by atoms with Gasteiger partial charge in [0.1, 0.15) is 17.2 Å². The lowest BCUT2D eigenvalue weighted by atomic mass is 9.96. The second kappa shape index (κ2) is 11.2. The summed E-state index contributed by atoms with van der Waals surface area (Å²) < 4.78 is 19.2. The maximum Gasteiger partial charge on any atom is 0.326 e. The molecule has 0 aromatic heterocycles. The first kappa shape index (κ1) is 25.8. The van der Waals surface area contributed by atoms with E-state index in [0.717, 1.165) is 50.4 Å². The lowest BCUT2D eigenvalue weighted by molar-refractivity contribution is 0.407. The van der Waals surface area contributed by atoms with E-state index < -0.39 is 8.38 Å². The average Bonchev–Trinajstić information content (AvgIpc) is 2.82. The molecule has 1 unspecified atom stereocenters. The minimum atomic E-state index is -1.41. The summed E-state index contributed by atoms with van der Waals surface area (Å²) in [5.41, 5.74) is 9.27. The van der Waals surface area contributed by atoms with E-state index in [1.165, 1.54) is 16.7 Å². The molecule has 4 aromatic rings. The molecule has 0 fully saturated rings. The van der Waals surface area contributed by atoms with Gasteiger partial charge in [0.2, 0.25) is 0 Å². The largest absolute Gasteiger partial charge is 0.496 e. The molecular weight excluding hydrogens is 463 g/mol. The average molecular weight is 499 g/mol. The van der Waals surface area contributed by atoms with Crippen LogP contribution in [0.4, 0.5) is 0 Å². The van der Waals surface area contributed by atoms with E-state index in [2.05, 4.69) is 90.1 Å². The first-order valence-electron chi connectivity index (χ1n) is 12.3. The lowest BCUT2D eigenvalue weighted by Crippen LogP contribution is -2.12. The van der Waals surface area contributed by atoms with Crippen molar-refractivity contribution >= 4 is 13.7 Å². The summed E-state index contributed by atoms with van der Waals surface area (Å²) in [6.07, 6.45) is 0.713. The smallest absolute Gasteiger partial charge is 0.326 e. The van der Waals surface area contributed by atoms with Gasteiger partial charge in [0.25, 0.3) is 0 Å². The summed E-state index contributed by atoms with van der Waals surface area (Å²) in [4.78, 5) is 0. The Kier molecular flexibility index (Phi) is 8.01. The van der Waals surface area contributed by atoms with Crippen molar-refractivity contribution in [1.82, 2.24) is 0 Å². The summed E-state index contributed by atoms with van der Waals surface area (Å²) in [5, 5.41) is 1.03. The van der Waals surface area contributed by atoms with Gasteiger partial charge in [-0.2, -0.15) is 0 Å². The van der Waals surface area contributed by atoms with Crippen molar-refractivity contribution in [2.24, 2.45) is 0 Å². The highest BCUT2D eigenvalue weighted by Crippen LogP contribution is 2.44. The zero-order chi connectivity index (χ0) is 25.8. The molecule has 0 aliphatic heterocycles. The molecule has 4 heteroatoms. The van der Waals surface area contributed by atoms with Gasteiger partial charge < -0.3 is 13.8 Å². The molecule has 0 aliphatic carbocycles. The molecule has 0 bridgehead atoms. The second-order valence-electron chi connectivity index (χ2n) is 9.57. The molecular formula is C32H35O3P. The highest BCUT2D eigenvalue weighted by Gasteiger charge is 2.23. The molecule has 1 atom stereocenters. The summed E-state index contributed by atoms with van der Waals surface area (Å²) >= 11 is 0. The Morgan fingerprint density at radius 3 is 1.78 bits per heavy atom. The minimum absolute atomic E-state index is 0.713. The van der Waals surface area contributed by atoms with E-state index in [1.54, 1.807) is 7.11 Å². The van der Waals surface area contributed by atoms with Gasteiger partial charge in [0.15, 0.2) is 0 Å². The number of hydrogen-bond donors (Lipinski definition) is 0. The standard InChI is InChI=1S/C32H35O3P/c1-21-13-14-30(24(4)15-21)34-36(29-11-9-8-10-12-29)35-32-26(6)17-23(3)19-28(32)20-27-18-22(2)16-25(5)31(27)33-7/h8-19H,20H2,1-7H3. The van der Waals surface area contributed by atoms with E-state index in [-0.39, 0.29) is 0 Å². The van der Waals surface area contributed by atoms with Crippen LogP contribution in [0.1, 0.15) is 44.5 Å². The predicted molar refractivity (Wildman–Crippen MR) is 151 cm³/mol. The minimum Gasteiger partial charge on any atom is -0.496 e. The van der Waals surface area contributed by atoms with Gasteiger partial charge >= 0.3 is 8.38 Å². The first-order valence-corrected chi connectivity index (χ1v) is 13.5. The van der Waals surface area contributed by atoms with Gasteiger partial charge in [-0.05, 0) is 87.6 Å². The lowest BCUT2D eigenvalue weighted by Gasteiger charge is -2.23. The molecule has 0 N–H and O–H groups in total. The third kappa shape index (κ3) is 5.91. The Balaban J connectivity index is 1.76. The van der Waals surface area contributed by atoms with Gasteiger partial charge in [-0.15, -0.1) is 0 Å². The number of rotatable bonds is 8. The van der Waals surface area contributed by atoms with Crippen LogP contribution >= 0.6 is 8.38 Å². The second-order valence-corrected chi connectivity index (χ2v) is 11.0. The fraction of sp³-hybridized carbons (Fsp3) is 0.250. The van der Waals surface area contributed by atoms with E-state index in [9.17, 15) is 0 Å². The van der Waals surface area contributed by atoms with Crippen molar-refractivity contribution in [1.29, 1.82) is 0 Å². The molecule has 3 nitrogen and oxygen atoms in total. The highest BCUT2D eigenvalue weighted by atomic mass is 31.2. The fourth-order valence-corrected chi connectivity index (χ4v) is 6.20. The predicted octanol–water partition coefficient (Wildman–Crippen LogP) is 8.23. The fourth-order valence-electron chi connectivity index (χ4n) is 4.72. The summed E-state index contributed by atoms with van der Waals surface area (Å²) in [7, 11) is 0.337. The Bertz CT molecular complexity index is 1360. The quantitative estimate of drug-likeness (QED) is 0.229. The Hall–Kier alpha value is -3.29. The molecule has 0 amide bonds. The normalized spacial score (nSPS) is 11.8. The van der Waals surface area contributed by atoms with Crippen LogP contribution < -0.4 is 19.1 Å². The molecule has 4 rings (SSSR count). The third-order valence-electron chi connectivity index (χ3n) is 6.23. The topological polar surface area (TPSA) is 27.7 Å². The molecule has 0 aliphatic rings. The van der Waals surface area contributed by atoms with Crippen molar-refractivity contribution in [3.63, 3.8) is 0 Å². The molecule has 36 heavy (non-hydrogen) atoms. The molecule has 0 saturated carbocycles. The maximum atomic E-state index is 6.81. The van der Waals surface area contributed by atoms with Crippen LogP contribution in [-0.2, 0) is 6.42 Å². The number of hydrogen-bond acceptors (Lipinski definition) is 3. The van der Waals surface area contributed by atoms with Crippen molar-refractivity contribution in [3.8, 4) is 17.2 Å². The molecule has 4 aromatic carbocycles. The van der Waals surface area contributed by atoms with Crippen LogP contribution in [0.5, 0.6) is 17.2 Å². The van der Waals surface area contributed by atoms with Gasteiger partial charge in [0, 0.05) is 6.42 Å². The molecule has 0 spiro atoms. The number of aryl methyl sites for hydroxylation is 6. The van der Waals surface area contributed by atoms with E-state index in [4.69, 9.17) is 13.8 Å². The zero-order valence-corrected chi connectivity index (χ0v) is 23.2. The van der Waals surface area contributed by atoms with Gasteiger partial charge in [-0.1, -0.05) is 71.3 Å². The van der Waals surface area contributed by atoms with Crippen LogP contribution in [0.15, 0.2) is 72.8 Å². The van der Waals surface area contributed by atoms with Crippen molar-refractivity contribution in [3.05, 3.63) is 117 Å². The summed E-state index contributed by atoms with van der Waals surface area (Å²) in [6, 6.07) is 25.2. The van der Waals surface area contributed by atoms with Crippen molar-refractivity contribution in [2.75, 3.05) is 7.11 Å². The van der Waals surface area contributed by atoms with Crippen LogP contribution in [-0.4, -0.2) is 7.11 Å². The molecule has 0 radical (unpaired) electrons. The van der Waals surface area contributed by atoms with Crippen LogP contribution in [0.3, 0.4) is 0 Å². The summed E-state index contributed by atoms with van der Waals surface area (Å²) in [6.45, 7) is 12.6. The van der Waals surface area contributed by atoms with Gasteiger partial charge in [-0.3, -0.25) is 0 Å². The molecule has 0 heterocycles. The van der Waals surface area contributed by atoms with Crippen LogP contribution in [0.25, 0.3) is 0 Å². The van der Waals surface area contributed by atoms with Gasteiger partial charge in [-0.25, -0.2) is 0 Å². The monoisotopic (exact) mass is 498 g/mol. The van der Waals surface area contributed by atoms with Crippen LogP contribution in [0.2, 0.25) is 0 Å². The molecule has 186 valence electrons. The van der Waals surface area contributed by atoms with E-state index >= 15 is 0 Å². The molecule has 0 saturated heterocycles. The highest BCUT2D eigenvalue weighted by molar-refractivity contribution is 7.56. The summed E-state index contributed by atoms with van der Waals surface area (Å²) in [5.74, 6) is 2.65. The Morgan fingerprint density at radius 1 is 0.583 bits per heavy atom. The number of methoxy groups -OCH3 is 1. The van der Waals surface area contributed by atoms with Gasteiger partial charge in [0.05, 0.1) is 12.4 Å². The third-order valence-corrected chi connectivity index (χ3v) is 7.66. The van der Waals surface area contributed by atoms with E-state index in [1.807, 2.05) is 24.3 Å². The number of ether oxygens (including phenoxy) is 1. The first-order chi connectivity index (χ1) is 17.2. The van der Waals surface area contributed by atoms with E-state index in [0.29, 0.717) is 6.42 Å². The van der Waals surface area contributed by atoms with Crippen molar-refractivity contribution in [2.45, 2.75) is 48.0 Å². The number of benzene rings is 4. The Labute approximate surface area is 217 Å². The van der Waals surface area contributed by atoms with Crippen LogP contribution in [0, 0.1) is 41.5 Å². The zero-order valence-electron chi connectivity index (χ0n) is 22.3. The SMILES string of the molecule is COc1c(C)cc(C)cc1Cc1cc(C)cc(C)c1OP(Oc1ccc(C)cc1C)c1ccccc1.